The molecular formula is C37H38F3N3O2. The van der Waals surface area contributed by atoms with Crippen molar-refractivity contribution in [1.29, 1.82) is 0 Å². The van der Waals surface area contributed by atoms with Crippen LogP contribution in [0.1, 0.15) is 71.6 Å². The normalized spacial score (nSPS) is 14.9. The van der Waals surface area contributed by atoms with Crippen molar-refractivity contribution in [1.82, 2.24) is 10.2 Å². The highest BCUT2D eigenvalue weighted by Gasteiger charge is 2.32. The number of nitrogens with zero attached hydrogens (tertiary/aromatic N) is 1. The van der Waals surface area contributed by atoms with Gasteiger partial charge in [0.2, 0.25) is 5.91 Å². The number of anilines is 1. The Morgan fingerprint density at radius 2 is 1.49 bits per heavy atom. The number of benzene rings is 4. The van der Waals surface area contributed by atoms with E-state index in [1.54, 1.807) is 24.3 Å². The molecule has 4 aromatic rings. The Hall–Kier alpha value is -4.43. The third-order valence-electron chi connectivity index (χ3n) is 8.42. The average molecular weight is 614 g/mol. The van der Waals surface area contributed by atoms with Crippen LogP contribution in [0.4, 0.5) is 18.9 Å². The molecule has 8 heteroatoms. The highest BCUT2D eigenvalue weighted by Crippen LogP contribution is 2.34. The van der Waals surface area contributed by atoms with Crippen LogP contribution < -0.4 is 10.6 Å². The average Bonchev–Trinajstić information content (AvgIpc) is 3.06. The maximum atomic E-state index is 13.2. The SMILES string of the molecule is CCCCNC(=O)C(c1ccccc1)N1CCC(c2ccc(NC(=O)c3ccccc3-c3ccc(C(F)(F)F)cc3)cc2)CC1. The first-order chi connectivity index (χ1) is 21.7. The van der Waals surface area contributed by atoms with E-state index in [1.165, 1.54) is 17.7 Å². The summed E-state index contributed by atoms with van der Waals surface area (Å²) >= 11 is 0. The summed E-state index contributed by atoms with van der Waals surface area (Å²) in [5.41, 5.74) is 3.55. The molecule has 1 heterocycles. The number of carbonyl (C=O) groups excluding carboxylic acids is 2. The predicted octanol–water partition coefficient (Wildman–Crippen LogP) is 8.46. The quantitative estimate of drug-likeness (QED) is 0.177. The minimum atomic E-state index is -4.42. The van der Waals surface area contributed by atoms with Gasteiger partial charge in [-0.2, -0.15) is 13.2 Å². The van der Waals surface area contributed by atoms with Crippen molar-refractivity contribution in [2.45, 2.75) is 50.7 Å². The van der Waals surface area contributed by atoms with Crippen molar-refractivity contribution < 1.29 is 22.8 Å². The number of piperidine rings is 1. The summed E-state index contributed by atoms with van der Waals surface area (Å²) in [5.74, 6) is 0.0507. The molecule has 2 amide bonds. The van der Waals surface area contributed by atoms with Crippen molar-refractivity contribution in [3.8, 4) is 11.1 Å². The summed E-state index contributed by atoms with van der Waals surface area (Å²) in [6, 6.07) is 29.2. The van der Waals surface area contributed by atoms with Crippen LogP contribution in [-0.2, 0) is 11.0 Å². The molecule has 5 rings (SSSR count). The molecule has 1 atom stereocenters. The van der Waals surface area contributed by atoms with Gasteiger partial charge in [-0.1, -0.05) is 86.1 Å². The van der Waals surface area contributed by atoms with Crippen LogP contribution in [0, 0.1) is 0 Å². The number of halogens is 3. The summed E-state index contributed by atoms with van der Waals surface area (Å²) in [6.07, 6.45) is -0.610. The van der Waals surface area contributed by atoms with Crippen LogP contribution in [-0.4, -0.2) is 36.3 Å². The molecule has 1 fully saturated rings. The molecule has 1 aliphatic rings. The number of likely N-dealkylation sites (tertiary alicyclic amines) is 1. The van der Waals surface area contributed by atoms with Crippen molar-refractivity contribution in [2.24, 2.45) is 0 Å². The van der Waals surface area contributed by atoms with E-state index in [0.717, 1.165) is 56.5 Å². The zero-order valence-electron chi connectivity index (χ0n) is 25.3. The smallest absolute Gasteiger partial charge is 0.354 e. The largest absolute Gasteiger partial charge is 0.416 e. The molecule has 0 aromatic heterocycles. The first kappa shape index (κ1) is 32.0. The first-order valence-electron chi connectivity index (χ1n) is 15.5. The molecule has 5 nitrogen and oxygen atoms in total. The van der Waals surface area contributed by atoms with E-state index in [4.69, 9.17) is 0 Å². The van der Waals surface area contributed by atoms with E-state index in [0.29, 0.717) is 34.8 Å². The van der Waals surface area contributed by atoms with E-state index in [9.17, 15) is 22.8 Å². The molecule has 0 aliphatic carbocycles. The van der Waals surface area contributed by atoms with Crippen molar-refractivity contribution in [2.75, 3.05) is 25.0 Å². The van der Waals surface area contributed by atoms with Gasteiger partial charge in [-0.25, -0.2) is 0 Å². The van der Waals surface area contributed by atoms with Crippen molar-refractivity contribution in [3.63, 3.8) is 0 Å². The summed E-state index contributed by atoms with van der Waals surface area (Å²) in [7, 11) is 0. The lowest BCUT2D eigenvalue weighted by molar-refractivity contribution is -0.137. The summed E-state index contributed by atoms with van der Waals surface area (Å²) in [5, 5.41) is 6.06. The minimum absolute atomic E-state index is 0.0492. The van der Waals surface area contributed by atoms with E-state index < -0.39 is 11.7 Å². The topological polar surface area (TPSA) is 61.4 Å². The predicted molar refractivity (Wildman–Crippen MR) is 172 cm³/mol. The fourth-order valence-corrected chi connectivity index (χ4v) is 5.95. The van der Waals surface area contributed by atoms with E-state index in [2.05, 4.69) is 22.5 Å². The Labute approximate surface area is 262 Å². The second-order valence-electron chi connectivity index (χ2n) is 11.5. The third-order valence-corrected chi connectivity index (χ3v) is 8.42. The highest BCUT2D eigenvalue weighted by molar-refractivity contribution is 6.08. The van der Waals surface area contributed by atoms with Crippen molar-refractivity contribution in [3.05, 3.63) is 125 Å². The zero-order valence-corrected chi connectivity index (χ0v) is 25.3. The second kappa shape index (κ2) is 14.6. The van der Waals surface area contributed by atoms with Gasteiger partial charge in [-0.15, -0.1) is 0 Å². The van der Waals surface area contributed by atoms with E-state index in [-0.39, 0.29) is 17.9 Å². The highest BCUT2D eigenvalue weighted by atomic mass is 19.4. The number of unbranched alkanes of at least 4 members (excludes halogenated alkanes) is 1. The van der Waals surface area contributed by atoms with Gasteiger partial charge in [0.15, 0.2) is 0 Å². The number of rotatable bonds is 10. The van der Waals surface area contributed by atoms with Gasteiger partial charge in [-0.05, 0) is 90.9 Å². The van der Waals surface area contributed by atoms with E-state index >= 15 is 0 Å². The standard InChI is InChI=1S/C37H38F3N3O2/c1-2-3-23-41-36(45)34(29-9-5-4-6-10-29)43-24-21-27(22-25-43)26-15-19-31(20-16-26)42-35(44)33-12-8-7-11-32(33)28-13-17-30(18-14-28)37(38,39)40/h4-20,27,34H,2-3,21-25H2,1H3,(H,41,45)(H,42,44). The van der Waals surface area contributed by atoms with Crippen LogP contribution in [0.25, 0.3) is 11.1 Å². The number of carbonyl (C=O) groups is 2. The maximum absolute atomic E-state index is 13.2. The fourth-order valence-electron chi connectivity index (χ4n) is 5.95. The Morgan fingerprint density at radius 3 is 2.13 bits per heavy atom. The molecule has 1 saturated heterocycles. The van der Waals surface area contributed by atoms with Crippen molar-refractivity contribution >= 4 is 17.5 Å². The van der Waals surface area contributed by atoms with Gasteiger partial charge in [-0.3, -0.25) is 14.5 Å². The lowest BCUT2D eigenvalue weighted by atomic mass is 9.88. The minimum Gasteiger partial charge on any atom is -0.354 e. The molecule has 0 bridgehead atoms. The molecule has 4 aromatic carbocycles. The lowest BCUT2D eigenvalue weighted by Crippen LogP contribution is -2.44. The Morgan fingerprint density at radius 1 is 0.844 bits per heavy atom. The van der Waals surface area contributed by atoms with Gasteiger partial charge in [0.25, 0.3) is 5.91 Å². The molecule has 0 spiro atoms. The second-order valence-corrected chi connectivity index (χ2v) is 11.5. The summed E-state index contributed by atoms with van der Waals surface area (Å²) in [6.45, 7) is 4.38. The molecule has 45 heavy (non-hydrogen) atoms. The number of alkyl halides is 3. The van der Waals surface area contributed by atoms with Crippen LogP contribution in [0.5, 0.6) is 0 Å². The fraction of sp³-hybridized carbons (Fsp3) is 0.297. The van der Waals surface area contributed by atoms with Crippen LogP contribution >= 0.6 is 0 Å². The van der Waals surface area contributed by atoms with Gasteiger partial charge >= 0.3 is 6.18 Å². The third kappa shape index (κ3) is 8.00. The Kier molecular flexibility index (Phi) is 10.4. The summed E-state index contributed by atoms with van der Waals surface area (Å²) < 4.78 is 39.1. The number of hydrogen-bond donors (Lipinski definition) is 2. The molecule has 0 saturated carbocycles. The maximum Gasteiger partial charge on any atom is 0.416 e. The van der Waals surface area contributed by atoms with Gasteiger partial charge in [0.1, 0.15) is 6.04 Å². The van der Waals surface area contributed by atoms with Gasteiger partial charge < -0.3 is 10.6 Å². The Balaban J connectivity index is 1.22. The Bertz CT molecular complexity index is 1560. The zero-order chi connectivity index (χ0) is 31.8. The first-order valence-corrected chi connectivity index (χ1v) is 15.5. The summed E-state index contributed by atoms with van der Waals surface area (Å²) in [4.78, 5) is 28.7. The number of amides is 2. The molecule has 0 radical (unpaired) electrons. The monoisotopic (exact) mass is 613 g/mol. The lowest BCUT2D eigenvalue weighted by Gasteiger charge is -2.37. The molecule has 1 unspecified atom stereocenters. The molecule has 2 N–H and O–H groups in total. The van der Waals surface area contributed by atoms with Crippen LogP contribution in [0.2, 0.25) is 0 Å². The number of hydrogen-bond acceptors (Lipinski definition) is 3. The van der Waals surface area contributed by atoms with Crippen LogP contribution in [0.15, 0.2) is 103 Å². The van der Waals surface area contributed by atoms with E-state index in [1.807, 2.05) is 54.6 Å². The molecule has 1 aliphatic heterocycles. The molecular weight excluding hydrogens is 575 g/mol. The molecule has 234 valence electrons. The van der Waals surface area contributed by atoms with Gasteiger partial charge in [0, 0.05) is 17.8 Å². The van der Waals surface area contributed by atoms with Crippen LogP contribution in [0.3, 0.4) is 0 Å². The number of nitrogens with one attached hydrogen (secondary N) is 2. The van der Waals surface area contributed by atoms with Gasteiger partial charge in [0.05, 0.1) is 5.56 Å².